The fourth-order valence-corrected chi connectivity index (χ4v) is 4.35. The van der Waals surface area contributed by atoms with Crippen molar-refractivity contribution in [3.63, 3.8) is 0 Å². The molecule has 0 spiro atoms. The lowest BCUT2D eigenvalue weighted by Gasteiger charge is -2.07. The second kappa shape index (κ2) is 5.07. The molecule has 0 radical (unpaired) electrons. The van der Waals surface area contributed by atoms with Crippen molar-refractivity contribution in [2.75, 3.05) is 25.7 Å². The third kappa shape index (κ3) is 3.47. The van der Waals surface area contributed by atoms with E-state index in [2.05, 4.69) is 0 Å². The second-order valence-electron chi connectivity index (χ2n) is 5.05. The summed E-state index contributed by atoms with van der Waals surface area (Å²) in [5, 5.41) is 0. The molecule has 0 aromatic rings. The highest BCUT2D eigenvalue weighted by atomic mass is 31.2. The zero-order valence-electron chi connectivity index (χ0n) is 10.6. The molecular formula is C12H22O2P2. The number of hydrogen-bond donors (Lipinski definition) is 0. The molecule has 2 nitrogen and oxygen atoms in total. The Labute approximate surface area is 98.9 Å². The van der Waals surface area contributed by atoms with E-state index in [-0.39, 0.29) is 0 Å². The topological polar surface area (TPSA) is 34.1 Å². The molecule has 0 N–H and O–H groups in total. The van der Waals surface area contributed by atoms with Gasteiger partial charge in [-0.3, -0.25) is 0 Å². The quantitative estimate of drug-likeness (QED) is 0.489. The molecule has 4 atom stereocenters. The smallest absolute Gasteiger partial charge is 0.0946 e. The van der Waals surface area contributed by atoms with Gasteiger partial charge < -0.3 is 9.13 Å². The Morgan fingerprint density at radius 3 is 1.25 bits per heavy atom. The lowest BCUT2D eigenvalue weighted by Crippen LogP contribution is -1.92. The van der Waals surface area contributed by atoms with Crippen LogP contribution >= 0.6 is 14.3 Å². The van der Waals surface area contributed by atoms with E-state index >= 15 is 0 Å². The molecule has 0 aromatic carbocycles. The first kappa shape index (κ1) is 14.0. The maximum atomic E-state index is 11.3. The van der Waals surface area contributed by atoms with Gasteiger partial charge in [0.15, 0.2) is 0 Å². The Morgan fingerprint density at radius 1 is 0.875 bits per heavy atom. The van der Waals surface area contributed by atoms with Crippen molar-refractivity contribution in [1.82, 2.24) is 0 Å². The van der Waals surface area contributed by atoms with Crippen molar-refractivity contribution in [3.8, 4) is 0 Å². The van der Waals surface area contributed by atoms with E-state index in [0.29, 0.717) is 11.3 Å². The SMILES string of the molecule is CC1C=CCP1(C)=O.CC1C=CCP1(C)=O. The Kier molecular flexibility index (Phi) is 4.43. The first-order chi connectivity index (χ1) is 7.26. The van der Waals surface area contributed by atoms with Gasteiger partial charge in [0, 0.05) is 23.6 Å². The molecule has 0 bridgehead atoms. The lowest BCUT2D eigenvalue weighted by atomic mass is 10.4. The van der Waals surface area contributed by atoms with Gasteiger partial charge in [0.1, 0.15) is 0 Å². The van der Waals surface area contributed by atoms with Crippen LogP contribution in [0.2, 0.25) is 0 Å². The van der Waals surface area contributed by atoms with Crippen LogP contribution in [0.3, 0.4) is 0 Å². The van der Waals surface area contributed by atoms with Crippen LogP contribution in [-0.2, 0) is 9.13 Å². The Hall–Kier alpha value is -0.0600. The van der Waals surface area contributed by atoms with Crippen molar-refractivity contribution in [3.05, 3.63) is 24.3 Å². The van der Waals surface area contributed by atoms with Gasteiger partial charge in [0.25, 0.3) is 0 Å². The van der Waals surface area contributed by atoms with E-state index in [9.17, 15) is 9.13 Å². The molecule has 92 valence electrons. The van der Waals surface area contributed by atoms with Crippen molar-refractivity contribution in [2.45, 2.75) is 25.2 Å². The third-order valence-corrected chi connectivity index (χ3v) is 9.15. The van der Waals surface area contributed by atoms with Gasteiger partial charge in [-0.1, -0.05) is 38.2 Å². The molecule has 0 aliphatic carbocycles. The van der Waals surface area contributed by atoms with E-state index < -0.39 is 14.3 Å². The van der Waals surface area contributed by atoms with Crippen LogP contribution in [0.5, 0.6) is 0 Å². The maximum Gasteiger partial charge on any atom is 0.0946 e. The van der Waals surface area contributed by atoms with E-state index in [1.54, 1.807) is 0 Å². The van der Waals surface area contributed by atoms with Crippen LogP contribution in [0.4, 0.5) is 0 Å². The average Bonchev–Trinajstić information content (AvgIpc) is 2.60. The monoisotopic (exact) mass is 260 g/mol. The summed E-state index contributed by atoms with van der Waals surface area (Å²) in [6.07, 6.45) is 9.75. The van der Waals surface area contributed by atoms with Crippen LogP contribution in [0.25, 0.3) is 0 Å². The van der Waals surface area contributed by atoms with Gasteiger partial charge in [-0.15, -0.1) is 0 Å². The Bertz CT molecular complexity index is 358. The molecule has 4 heteroatoms. The highest BCUT2D eigenvalue weighted by Gasteiger charge is 2.24. The summed E-state index contributed by atoms with van der Waals surface area (Å²) >= 11 is 0. The van der Waals surface area contributed by atoms with Gasteiger partial charge in [-0.25, -0.2) is 0 Å². The summed E-state index contributed by atoms with van der Waals surface area (Å²) in [5.41, 5.74) is 0.671. The van der Waals surface area contributed by atoms with E-state index in [4.69, 9.17) is 0 Å². The standard InChI is InChI=1S/2C6H11OP/c2*1-6-4-3-5-8(6,2)7/h2*3-4,6H,5H2,1-2H3. The minimum atomic E-state index is -1.75. The fraction of sp³-hybridized carbons (Fsp3) is 0.667. The van der Waals surface area contributed by atoms with Crippen LogP contribution in [0.15, 0.2) is 24.3 Å². The zero-order chi connectivity index (χ0) is 12.4. The highest BCUT2D eigenvalue weighted by Crippen LogP contribution is 2.51. The average molecular weight is 260 g/mol. The van der Waals surface area contributed by atoms with Crippen molar-refractivity contribution < 1.29 is 9.13 Å². The van der Waals surface area contributed by atoms with Gasteiger partial charge in [-0.05, 0) is 13.3 Å². The summed E-state index contributed by atoms with van der Waals surface area (Å²) in [6.45, 7) is 7.78. The molecule has 2 heterocycles. The summed E-state index contributed by atoms with van der Waals surface area (Å²) in [4.78, 5) is 0. The van der Waals surface area contributed by atoms with E-state index in [1.165, 1.54) is 0 Å². The third-order valence-electron chi connectivity index (χ3n) is 3.49. The molecule has 2 aliphatic rings. The molecule has 0 aromatic heterocycles. The second-order valence-corrected chi connectivity index (χ2v) is 12.1. The van der Waals surface area contributed by atoms with Crippen LogP contribution in [0, 0.1) is 0 Å². The largest absolute Gasteiger partial charge is 0.323 e. The van der Waals surface area contributed by atoms with Gasteiger partial charge in [0.2, 0.25) is 0 Å². The number of hydrogen-bond acceptors (Lipinski definition) is 2. The predicted octanol–water partition coefficient (Wildman–Crippen LogP) is 3.88. The molecule has 4 unspecified atom stereocenters. The summed E-state index contributed by atoms with van der Waals surface area (Å²) in [7, 11) is -3.49. The number of allylic oxidation sites excluding steroid dienone is 4. The molecule has 0 saturated carbocycles. The first-order valence-corrected chi connectivity index (χ1v) is 10.5. The molecule has 0 fully saturated rings. The predicted molar refractivity (Wildman–Crippen MR) is 74.0 cm³/mol. The van der Waals surface area contributed by atoms with E-state index in [1.807, 2.05) is 51.5 Å². The minimum absolute atomic E-state index is 0.336. The van der Waals surface area contributed by atoms with Crippen LogP contribution in [0.1, 0.15) is 13.8 Å². The van der Waals surface area contributed by atoms with Gasteiger partial charge in [0.05, 0.1) is 14.3 Å². The van der Waals surface area contributed by atoms with Crippen molar-refractivity contribution in [1.29, 1.82) is 0 Å². The van der Waals surface area contributed by atoms with Crippen molar-refractivity contribution >= 4 is 14.3 Å². The first-order valence-electron chi connectivity index (χ1n) is 5.71. The number of rotatable bonds is 0. The Balaban J connectivity index is 0.000000160. The van der Waals surface area contributed by atoms with Gasteiger partial charge in [-0.2, -0.15) is 0 Å². The highest BCUT2D eigenvalue weighted by molar-refractivity contribution is 7.64. The van der Waals surface area contributed by atoms with E-state index in [0.717, 1.165) is 12.3 Å². The summed E-state index contributed by atoms with van der Waals surface area (Å²) < 4.78 is 22.6. The molecule has 2 aliphatic heterocycles. The summed E-state index contributed by atoms with van der Waals surface area (Å²) in [6, 6.07) is 0. The normalized spacial score (nSPS) is 45.5. The zero-order valence-corrected chi connectivity index (χ0v) is 12.4. The van der Waals surface area contributed by atoms with Gasteiger partial charge >= 0.3 is 0 Å². The molecule has 16 heavy (non-hydrogen) atoms. The van der Waals surface area contributed by atoms with Crippen molar-refractivity contribution in [2.24, 2.45) is 0 Å². The minimum Gasteiger partial charge on any atom is -0.323 e. The van der Waals surface area contributed by atoms with Crippen LogP contribution in [-0.4, -0.2) is 37.0 Å². The Morgan fingerprint density at radius 2 is 1.19 bits per heavy atom. The lowest BCUT2D eigenvalue weighted by molar-refractivity contribution is 0.578. The molecule has 0 saturated heterocycles. The molecule has 0 amide bonds. The fourth-order valence-electron chi connectivity index (χ4n) is 1.63. The molecule has 2 rings (SSSR count). The summed E-state index contributed by atoms with van der Waals surface area (Å²) in [5.74, 6) is 0. The van der Waals surface area contributed by atoms with Crippen LogP contribution < -0.4 is 0 Å². The molecular weight excluding hydrogens is 238 g/mol. The maximum absolute atomic E-state index is 11.3.